The van der Waals surface area contributed by atoms with Crippen molar-refractivity contribution < 1.29 is 5.11 Å². The SMILES string of the molecule is CN1CC(c2ccccc2)c2cc(O)c(CN3CCCCC3)cc2CC1Cc1ccccc1.Cl. The van der Waals surface area contributed by atoms with Crippen LogP contribution in [0.5, 0.6) is 5.75 Å². The number of benzene rings is 3. The molecule has 2 unspecified atom stereocenters. The minimum absolute atomic E-state index is 0. The highest BCUT2D eigenvalue weighted by atomic mass is 35.5. The zero-order valence-corrected chi connectivity index (χ0v) is 21.0. The summed E-state index contributed by atoms with van der Waals surface area (Å²) < 4.78 is 0. The Kier molecular flexibility index (Phi) is 8.31. The number of phenols is 1. The lowest BCUT2D eigenvalue weighted by atomic mass is 9.86. The lowest BCUT2D eigenvalue weighted by Gasteiger charge is -2.28. The summed E-state index contributed by atoms with van der Waals surface area (Å²) in [6.45, 7) is 4.10. The summed E-state index contributed by atoms with van der Waals surface area (Å²) in [6, 6.07) is 26.5. The number of phenolic OH excluding ortho intramolecular Hbond substituents is 1. The largest absolute Gasteiger partial charge is 0.508 e. The standard InChI is InChI=1S/C30H36N2O.ClH/c1-31-22-29(24-13-7-3-8-14-24)28-20-30(33)26(21-32-15-9-4-10-16-32)18-25(28)19-27(31)17-23-11-5-2-6-12-23;/h2-3,5-8,11-14,18,20,27,29,33H,4,9-10,15-17,19,21-22H2,1H3;1H. The van der Waals surface area contributed by atoms with Crippen molar-refractivity contribution in [2.24, 2.45) is 0 Å². The number of fused-ring (bicyclic) bond motifs is 1. The van der Waals surface area contributed by atoms with Crippen LogP contribution in [0.4, 0.5) is 0 Å². The Morgan fingerprint density at radius 1 is 0.882 bits per heavy atom. The van der Waals surface area contributed by atoms with Crippen LogP contribution in [-0.4, -0.2) is 47.6 Å². The van der Waals surface area contributed by atoms with E-state index in [1.807, 2.05) is 0 Å². The van der Waals surface area contributed by atoms with Gasteiger partial charge in [-0.25, -0.2) is 0 Å². The number of halogens is 1. The molecule has 1 fully saturated rings. The first-order valence-electron chi connectivity index (χ1n) is 12.5. The molecule has 3 nitrogen and oxygen atoms in total. The van der Waals surface area contributed by atoms with Crippen LogP contribution in [0.15, 0.2) is 72.8 Å². The van der Waals surface area contributed by atoms with Crippen LogP contribution >= 0.6 is 12.4 Å². The molecule has 2 atom stereocenters. The number of rotatable bonds is 5. The van der Waals surface area contributed by atoms with Crippen molar-refractivity contribution in [2.75, 3.05) is 26.7 Å². The molecular weight excluding hydrogens is 440 g/mol. The van der Waals surface area contributed by atoms with Crippen molar-refractivity contribution in [1.82, 2.24) is 9.80 Å². The van der Waals surface area contributed by atoms with Gasteiger partial charge in [-0.2, -0.15) is 0 Å². The van der Waals surface area contributed by atoms with Crippen molar-refractivity contribution in [3.05, 3.63) is 101 Å². The molecular formula is C30H37ClN2O. The molecule has 0 radical (unpaired) electrons. The van der Waals surface area contributed by atoms with Crippen molar-refractivity contribution in [3.8, 4) is 5.75 Å². The van der Waals surface area contributed by atoms with Gasteiger partial charge in [-0.05, 0) is 74.1 Å². The second-order valence-corrected chi connectivity index (χ2v) is 9.97. The maximum absolute atomic E-state index is 11.1. The topological polar surface area (TPSA) is 26.7 Å². The average molecular weight is 477 g/mol. The Morgan fingerprint density at radius 2 is 1.56 bits per heavy atom. The fourth-order valence-corrected chi connectivity index (χ4v) is 5.72. The number of likely N-dealkylation sites (tertiary alicyclic amines) is 1. The van der Waals surface area contributed by atoms with Crippen LogP contribution in [0.1, 0.15) is 53.0 Å². The smallest absolute Gasteiger partial charge is 0.120 e. The first-order chi connectivity index (χ1) is 16.2. The molecule has 0 bridgehead atoms. The minimum atomic E-state index is 0. The molecule has 3 aromatic carbocycles. The van der Waals surface area contributed by atoms with Gasteiger partial charge in [0, 0.05) is 30.6 Å². The Labute approximate surface area is 210 Å². The fraction of sp³-hybridized carbons (Fsp3) is 0.400. The van der Waals surface area contributed by atoms with E-state index in [0.29, 0.717) is 11.8 Å². The monoisotopic (exact) mass is 476 g/mol. The van der Waals surface area contributed by atoms with Gasteiger partial charge in [0.15, 0.2) is 0 Å². The first kappa shape index (κ1) is 24.8. The van der Waals surface area contributed by atoms with Crippen LogP contribution in [0.2, 0.25) is 0 Å². The summed E-state index contributed by atoms with van der Waals surface area (Å²) >= 11 is 0. The predicted octanol–water partition coefficient (Wildman–Crippen LogP) is 6.03. The Balaban J connectivity index is 0.00000274. The van der Waals surface area contributed by atoms with Crippen molar-refractivity contribution >= 4 is 12.4 Å². The zero-order chi connectivity index (χ0) is 22.6. The van der Waals surface area contributed by atoms with Gasteiger partial charge in [0.2, 0.25) is 0 Å². The summed E-state index contributed by atoms with van der Waals surface area (Å²) in [5.74, 6) is 0.728. The highest BCUT2D eigenvalue weighted by Gasteiger charge is 2.30. The highest BCUT2D eigenvalue weighted by Crippen LogP contribution is 2.37. The van der Waals surface area contributed by atoms with Gasteiger partial charge in [-0.3, -0.25) is 4.90 Å². The van der Waals surface area contributed by atoms with Gasteiger partial charge in [-0.15, -0.1) is 12.4 Å². The number of aromatic hydroxyl groups is 1. The van der Waals surface area contributed by atoms with Gasteiger partial charge >= 0.3 is 0 Å². The van der Waals surface area contributed by atoms with Crippen molar-refractivity contribution in [3.63, 3.8) is 0 Å². The Hall–Kier alpha value is -2.33. The predicted molar refractivity (Wildman–Crippen MR) is 143 cm³/mol. The van der Waals surface area contributed by atoms with Crippen LogP contribution in [0.25, 0.3) is 0 Å². The molecule has 1 saturated heterocycles. The number of piperidine rings is 1. The number of hydrogen-bond acceptors (Lipinski definition) is 3. The molecule has 0 aliphatic carbocycles. The third-order valence-corrected chi connectivity index (χ3v) is 7.62. The van der Waals surface area contributed by atoms with Crippen molar-refractivity contribution in [2.45, 2.75) is 50.6 Å². The van der Waals surface area contributed by atoms with Crippen LogP contribution in [0, 0.1) is 0 Å². The molecule has 180 valence electrons. The van der Waals surface area contributed by atoms with E-state index in [9.17, 15) is 5.11 Å². The van der Waals surface area contributed by atoms with Crippen LogP contribution in [-0.2, 0) is 19.4 Å². The lowest BCUT2D eigenvalue weighted by molar-refractivity contribution is 0.218. The number of nitrogens with zero attached hydrogens (tertiary/aromatic N) is 2. The van der Waals surface area contributed by atoms with Gasteiger partial charge in [0.1, 0.15) is 5.75 Å². The van der Waals surface area contributed by atoms with E-state index in [1.54, 1.807) is 0 Å². The van der Waals surface area contributed by atoms with Crippen LogP contribution in [0.3, 0.4) is 0 Å². The number of likely N-dealkylation sites (N-methyl/N-ethyl adjacent to an activating group) is 1. The van der Waals surface area contributed by atoms with E-state index in [-0.39, 0.29) is 18.3 Å². The zero-order valence-electron chi connectivity index (χ0n) is 20.2. The second-order valence-electron chi connectivity index (χ2n) is 9.97. The van der Waals surface area contributed by atoms with Gasteiger partial charge < -0.3 is 10.0 Å². The number of hydrogen-bond donors (Lipinski definition) is 1. The maximum atomic E-state index is 11.1. The lowest BCUT2D eigenvalue weighted by Crippen LogP contribution is -2.36. The van der Waals surface area contributed by atoms with E-state index in [0.717, 1.165) is 44.6 Å². The maximum Gasteiger partial charge on any atom is 0.120 e. The average Bonchev–Trinajstić information content (AvgIpc) is 2.98. The molecule has 4 heteroatoms. The summed E-state index contributed by atoms with van der Waals surface area (Å²) in [5.41, 5.74) is 6.50. The summed E-state index contributed by atoms with van der Waals surface area (Å²) in [6.07, 6.45) is 5.92. The highest BCUT2D eigenvalue weighted by molar-refractivity contribution is 5.85. The third-order valence-electron chi connectivity index (χ3n) is 7.62. The van der Waals surface area contributed by atoms with E-state index in [4.69, 9.17) is 0 Å². The second kappa shape index (κ2) is 11.4. The molecule has 2 aliphatic rings. The third kappa shape index (κ3) is 5.66. The molecule has 3 aromatic rings. The van der Waals surface area contributed by atoms with E-state index in [1.165, 1.54) is 41.5 Å². The van der Waals surface area contributed by atoms with E-state index < -0.39 is 0 Å². The summed E-state index contributed by atoms with van der Waals surface area (Å²) in [4.78, 5) is 5.04. The molecule has 0 amide bonds. The Morgan fingerprint density at radius 3 is 2.26 bits per heavy atom. The van der Waals surface area contributed by atoms with Crippen LogP contribution < -0.4 is 0 Å². The molecule has 0 aromatic heterocycles. The normalized spacial score (nSPS) is 21.3. The fourth-order valence-electron chi connectivity index (χ4n) is 5.72. The minimum Gasteiger partial charge on any atom is -0.508 e. The van der Waals surface area contributed by atoms with E-state index in [2.05, 4.69) is 89.6 Å². The molecule has 1 N–H and O–H groups in total. The summed E-state index contributed by atoms with van der Waals surface area (Å²) in [5, 5.41) is 11.1. The van der Waals surface area contributed by atoms with Crippen molar-refractivity contribution in [1.29, 1.82) is 0 Å². The molecule has 2 heterocycles. The van der Waals surface area contributed by atoms with Gasteiger partial charge in [0.05, 0.1) is 0 Å². The molecule has 2 aliphatic heterocycles. The summed E-state index contributed by atoms with van der Waals surface area (Å²) in [7, 11) is 2.27. The molecule has 5 rings (SSSR count). The molecule has 0 saturated carbocycles. The van der Waals surface area contributed by atoms with Gasteiger partial charge in [0.25, 0.3) is 0 Å². The first-order valence-corrected chi connectivity index (χ1v) is 12.5. The molecule has 34 heavy (non-hydrogen) atoms. The molecule has 0 spiro atoms. The Bertz CT molecular complexity index is 1050. The van der Waals surface area contributed by atoms with E-state index >= 15 is 0 Å². The quantitative estimate of drug-likeness (QED) is 0.487. The van der Waals surface area contributed by atoms with Gasteiger partial charge in [-0.1, -0.05) is 73.2 Å².